The topological polar surface area (TPSA) is 117 Å². The summed E-state index contributed by atoms with van der Waals surface area (Å²) in [6.07, 6.45) is 2.27. The molecule has 3 aromatic rings. The average molecular weight is 430 g/mol. The molecule has 0 aliphatic carbocycles. The number of nitrogens with zero attached hydrogens (tertiary/aromatic N) is 3. The Morgan fingerprint density at radius 2 is 1.93 bits per heavy atom. The second-order valence-corrected chi connectivity index (χ2v) is 8.54. The van der Waals surface area contributed by atoms with Crippen molar-refractivity contribution in [3.05, 3.63) is 63.8 Å². The van der Waals surface area contributed by atoms with Crippen LogP contribution in [0, 0.1) is 5.41 Å². The Morgan fingerprint density at radius 3 is 2.72 bits per heavy atom. The average Bonchev–Trinajstić information content (AvgIpc) is 3.12. The van der Waals surface area contributed by atoms with Crippen molar-refractivity contribution in [3.8, 4) is 0 Å². The number of rotatable bonds is 4. The number of guanidine groups is 1. The maximum atomic E-state index is 6.69. The van der Waals surface area contributed by atoms with Crippen LogP contribution in [-0.2, 0) is 6.42 Å². The van der Waals surface area contributed by atoms with Gasteiger partial charge in [-0.15, -0.1) is 0 Å². The van der Waals surface area contributed by atoms with Gasteiger partial charge in [-0.25, -0.2) is 9.98 Å². The van der Waals surface area contributed by atoms with E-state index in [0.29, 0.717) is 22.3 Å². The molecule has 0 bridgehead atoms. The lowest BCUT2D eigenvalue weighted by Gasteiger charge is -2.40. The van der Waals surface area contributed by atoms with E-state index in [0.717, 1.165) is 22.0 Å². The normalized spacial score (nSPS) is 19.6. The Kier molecular flexibility index (Phi) is 4.77. The highest BCUT2D eigenvalue weighted by Crippen LogP contribution is 2.39. The van der Waals surface area contributed by atoms with Gasteiger partial charge < -0.3 is 11.1 Å². The van der Waals surface area contributed by atoms with Gasteiger partial charge in [0.25, 0.3) is 0 Å². The molecule has 2 heterocycles. The molecule has 6 N–H and O–H groups in total. The van der Waals surface area contributed by atoms with E-state index in [9.17, 15) is 0 Å². The molecule has 7 nitrogen and oxygen atoms in total. The number of hydrogen-bond donors (Lipinski definition) is 4. The molecule has 4 rings (SSSR count). The van der Waals surface area contributed by atoms with Gasteiger partial charge in [0.15, 0.2) is 5.96 Å². The third kappa shape index (κ3) is 3.57. The van der Waals surface area contributed by atoms with Gasteiger partial charge in [0.2, 0.25) is 5.79 Å². The Bertz CT molecular complexity index is 1150. The molecule has 1 atom stereocenters. The van der Waals surface area contributed by atoms with Crippen molar-refractivity contribution in [2.45, 2.75) is 26.1 Å². The lowest BCUT2D eigenvalue weighted by molar-refractivity contribution is 0.177. The number of aromatic nitrogens is 2. The van der Waals surface area contributed by atoms with Crippen LogP contribution in [0.2, 0.25) is 10.0 Å². The highest BCUT2D eigenvalue weighted by Gasteiger charge is 2.44. The third-order valence-corrected chi connectivity index (χ3v) is 6.05. The summed E-state index contributed by atoms with van der Waals surface area (Å²) < 4.78 is 0. The van der Waals surface area contributed by atoms with Gasteiger partial charge in [0, 0.05) is 16.4 Å². The molecule has 0 saturated carbocycles. The lowest BCUT2D eigenvalue weighted by Crippen LogP contribution is -2.58. The summed E-state index contributed by atoms with van der Waals surface area (Å²) in [5, 5.41) is 12.0. The molecule has 9 heteroatoms. The predicted molar refractivity (Wildman–Crippen MR) is 118 cm³/mol. The number of H-pyrrole nitrogens is 1. The molecule has 0 fully saturated rings. The molecule has 1 aliphatic rings. The Labute approximate surface area is 178 Å². The minimum atomic E-state index is -1.30. The zero-order valence-corrected chi connectivity index (χ0v) is 17.5. The van der Waals surface area contributed by atoms with Crippen LogP contribution in [0.4, 0.5) is 0 Å². The molecule has 1 unspecified atom stereocenters. The summed E-state index contributed by atoms with van der Waals surface area (Å²) in [7, 11) is 0. The summed E-state index contributed by atoms with van der Waals surface area (Å²) >= 11 is 12.6. The fourth-order valence-electron chi connectivity index (χ4n) is 3.37. The molecule has 0 saturated heterocycles. The van der Waals surface area contributed by atoms with E-state index in [1.165, 1.54) is 0 Å². The van der Waals surface area contributed by atoms with Crippen molar-refractivity contribution in [2.75, 3.05) is 0 Å². The van der Waals surface area contributed by atoms with Crippen LogP contribution in [0.1, 0.15) is 25.0 Å². The number of nitrogens with one attached hydrogen (secondary N) is 2. The number of amidine groups is 1. The standard InChI is InChI=1S/C20H21Cl2N7/c1-19(2,9-12-4-3-5-14(21)16(12)22)20(24)27-17(26-18(23)28-20)11-6-7-13-10-25-29-15(13)8-11/h3-8,10H,9,24H2,1-2H3,(H,25,29)(H3,23,26,27,28). The van der Waals surface area contributed by atoms with E-state index in [-0.39, 0.29) is 5.96 Å². The summed E-state index contributed by atoms with van der Waals surface area (Å²) in [5.74, 6) is -0.555. The molecule has 1 aromatic heterocycles. The Morgan fingerprint density at radius 1 is 1.14 bits per heavy atom. The highest BCUT2D eigenvalue weighted by atomic mass is 35.5. The molecule has 0 amide bonds. The van der Waals surface area contributed by atoms with E-state index in [4.69, 9.17) is 39.7 Å². The quantitative estimate of drug-likeness (QED) is 0.507. The first-order chi connectivity index (χ1) is 13.7. The molecule has 150 valence electrons. The fraction of sp³-hybridized carbons (Fsp3) is 0.250. The van der Waals surface area contributed by atoms with Crippen LogP contribution in [-0.4, -0.2) is 27.8 Å². The number of halogens is 2. The van der Waals surface area contributed by atoms with Gasteiger partial charge in [-0.3, -0.25) is 10.8 Å². The fourth-order valence-corrected chi connectivity index (χ4v) is 3.76. The molecular weight excluding hydrogens is 409 g/mol. The Balaban J connectivity index is 1.73. The van der Waals surface area contributed by atoms with Crippen LogP contribution in [0.3, 0.4) is 0 Å². The number of nitrogens with two attached hydrogens (primary N) is 2. The van der Waals surface area contributed by atoms with Crippen molar-refractivity contribution in [1.29, 1.82) is 0 Å². The minimum Gasteiger partial charge on any atom is -0.370 e. The van der Waals surface area contributed by atoms with E-state index < -0.39 is 11.2 Å². The van der Waals surface area contributed by atoms with Gasteiger partial charge in [-0.1, -0.05) is 61.3 Å². The van der Waals surface area contributed by atoms with E-state index in [2.05, 4.69) is 20.5 Å². The second kappa shape index (κ2) is 7.02. The van der Waals surface area contributed by atoms with Crippen LogP contribution in [0.5, 0.6) is 0 Å². The van der Waals surface area contributed by atoms with E-state index >= 15 is 0 Å². The summed E-state index contributed by atoms with van der Waals surface area (Å²) in [5.41, 5.74) is 14.8. The third-order valence-electron chi connectivity index (χ3n) is 5.20. The van der Waals surface area contributed by atoms with Crippen molar-refractivity contribution in [3.63, 3.8) is 0 Å². The summed E-state index contributed by atoms with van der Waals surface area (Å²) in [4.78, 5) is 9.19. The van der Waals surface area contributed by atoms with Gasteiger partial charge >= 0.3 is 0 Å². The van der Waals surface area contributed by atoms with Gasteiger partial charge in [0.1, 0.15) is 5.84 Å². The SMILES string of the molecule is CC(C)(Cc1cccc(Cl)c1Cl)C1(N)N=C(N)NC(c2ccc3cn[nH]c3c2)=N1. The van der Waals surface area contributed by atoms with Gasteiger partial charge in [-0.05, 0) is 24.1 Å². The van der Waals surface area contributed by atoms with Crippen molar-refractivity contribution in [1.82, 2.24) is 15.5 Å². The van der Waals surface area contributed by atoms with Crippen LogP contribution in [0.15, 0.2) is 52.6 Å². The van der Waals surface area contributed by atoms with Crippen LogP contribution < -0.4 is 16.8 Å². The van der Waals surface area contributed by atoms with Gasteiger partial charge in [0.05, 0.1) is 21.8 Å². The first-order valence-corrected chi connectivity index (χ1v) is 9.82. The van der Waals surface area contributed by atoms with Crippen molar-refractivity contribution >= 4 is 45.9 Å². The zero-order valence-electron chi connectivity index (χ0n) is 16.0. The predicted octanol–water partition coefficient (Wildman–Crippen LogP) is 3.42. The highest BCUT2D eigenvalue weighted by molar-refractivity contribution is 6.42. The van der Waals surface area contributed by atoms with Crippen molar-refractivity contribution in [2.24, 2.45) is 26.9 Å². The van der Waals surface area contributed by atoms with Gasteiger partial charge in [-0.2, -0.15) is 5.10 Å². The number of benzene rings is 2. The molecule has 0 radical (unpaired) electrons. The Hall–Kier alpha value is -2.61. The zero-order chi connectivity index (χ0) is 20.8. The smallest absolute Gasteiger partial charge is 0.213 e. The first-order valence-electron chi connectivity index (χ1n) is 9.06. The summed E-state index contributed by atoms with van der Waals surface area (Å²) in [6, 6.07) is 11.4. The maximum Gasteiger partial charge on any atom is 0.213 e. The summed E-state index contributed by atoms with van der Waals surface area (Å²) in [6.45, 7) is 3.96. The largest absolute Gasteiger partial charge is 0.370 e. The van der Waals surface area contributed by atoms with Crippen LogP contribution in [0.25, 0.3) is 10.9 Å². The van der Waals surface area contributed by atoms with E-state index in [1.807, 2.05) is 44.2 Å². The molecular formula is C20H21Cl2N7. The van der Waals surface area contributed by atoms with Crippen LogP contribution >= 0.6 is 23.2 Å². The molecule has 2 aromatic carbocycles. The number of aromatic amines is 1. The number of aliphatic imine (C=N–C) groups is 2. The number of hydrogen-bond acceptors (Lipinski definition) is 6. The van der Waals surface area contributed by atoms with E-state index in [1.54, 1.807) is 12.3 Å². The molecule has 0 spiro atoms. The van der Waals surface area contributed by atoms with Crippen molar-refractivity contribution < 1.29 is 0 Å². The molecule has 1 aliphatic heterocycles. The lowest BCUT2D eigenvalue weighted by atomic mass is 9.79. The molecule has 29 heavy (non-hydrogen) atoms. The minimum absolute atomic E-state index is 0.201. The first kappa shape index (κ1) is 19.7. The monoisotopic (exact) mass is 429 g/mol. The maximum absolute atomic E-state index is 6.69. The number of fused-ring (bicyclic) bond motifs is 1. The second-order valence-electron chi connectivity index (χ2n) is 7.75.